The number of ether oxygens (including phenoxy) is 1. The van der Waals surface area contributed by atoms with Crippen LogP contribution in [-0.2, 0) is 26.0 Å². The molecule has 0 aliphatic heterocycles. The molecular weight excluding hydrogens is 361 g/mol. The second-order valence-electron chi connectivity index (χ2n) is 5.63. The highest BCUT2D eigenvalue weighted by Gasteiger charge is 2.15. The van der Waals surface area contributed by atoms with Gasteiger partial charge in [-0.2, -0.15) is 0 Å². The number of carbonyl (C=O) groups excluding carboxylic acids is 2. The van der Waals surface area contributed by atoms with Gasteiger partial charge in [0.25, 0.3) is 0 Å². The first kappa shape index (κ1) is 19.6. The van der Waals surface area contributed by atoms with Gasteiger partial charge in [-0.1, -0.05) is 18.2 Å². The predicted octanol–water partition coefficient (Wildman–Crippen LogP) is 2.19. The van der Waals surface area contributed by atoms with E-state index in [1.807, 2.05) is 0 Å². The number of sulfonamides is 1. The Morgan fingerprint density at radius 3 is 2.27 bits per heavy atom. The van der Waals surface area contributed by atoms with E-state index in [2.05, 4.69) is 0 Å². The number of carbonyl (C=O) groups is 2. The highest BCUT2D eigenvalue weighted by molar-refractivity contribution is 7.92. The standard InChI is InChI=1S/C18H18FNO5S/c1-20(26(2,23)24)15-9-7-13(8-10-15)17(21)12-25-18(22)11-14-5-3-4-6-16(14)19/h3-10H,11-12H2,1-2H3. The topological polar surface area (TPSA) is 80.8 Å². The van der Waals surface area contributed by atoms with Crippen LogP contribution in [0.2, 0.25) is 0 Å². The van der Waals surface area contributed by atoms with Crippen molar-refractivity contribution in [3.8, 4) is 0 Å². The summed E-state index contributed by atoms with van der Waals surface area (Å²) in [4.78, 5) is 23.8. The number of nitrogens with zero attached hydrogens (tertiary/aromatic N) is 1. The van der Waals surface area contributed by atoms with Crippen molar-refractivity contribution in [2.45, 2.75) is 6.42 Å². The zero-order chi connectivity index (χ0) is 19.3. The molecule has 26 heavy (non-hydrogen) atoms. The summed E-state index contributed by atoms with van der Waals surface area (Å²) >= 11 is 0. The maximum Gasteiger partial charge on any atom is 0.310 e. The fourth-order valence-corrected chi connectivity index (χ4v) is 2.63. The first-order valence-corrected chi connectivity index (χ1v) is 9.49. The van der Waals surface area contributed by atoms with Gasteiger partial charge >= 0.3 is 5.97 Å². The lowest BCUT2D eigenvalue weighted by Gasteiger charge is -2.16. The molecule has 0 radical (unpaired) electrons. The van der Waals surface area contributed by atoms with Crippen LogP contribution in [0.25, 0.3) is 0 Å². The molecule has 0 aromatic heterocycles. The Morgan fingerprint density at radius 2 is 1.69 bits per heavy atom. The molecule has 6 nitrogen and oxygen atoms in total. The van der Waals surface area contributed by atoms with Crippen molar-refractivity contribution in [1.82, 2.24) is 0 Å². The monoisotopic (exact) mass is 379 g/mol. The summed E-state index contributed by atoms with van der Waals surface area (Å²) in [6.07, 6.45) is 0.805. The Labute approximate surface area is 151 Å². The fraction of sp³-hybridized carbons (Fsp3) is 0.222. The number of anilines is 1. The molecule has 0 amide bonds. The summed E-state index contributed by atoms with van der Waals surface area (Å²) in [5.41, 5.74) is 0.869. The van der Waals surface area contributed by atoms with Gasteiger partial charge in [0.1, 0.15) is 5.82 Å². The normalized spacial score (nSPS) is 11.0. The highest BCUT2D eigenvalue weighted by Crippen LogP contribution is 2.16. The minimum absolute atomic E-state index is 0.193. The van der Waals surface area contributed by atoms with E-state index in [0.717, 1.165) is 10.6 Å². The summed E-state index contributed by atoms with van der Waals surface area (Å²) in [5, 5.41) is 0. The Bertz CT molecular complexity index is 909. The summed E-state index contributed by atoms with van der Waals surface area (Å²) in [5.74, 6) is -1.67. The molecule has 0 aliphatic carbocycles. The molecule has 0 saturated carbocycles. The number of ketones is 1. The SMILES string of the molecule is CN(c1ccc(C(=O)COC(=O)Cc2ccccc2F)cc1)S(C)(=O)=O. The lowest BCUT2D eigenvalue weighted by Crippen LogP contribution is -2.24. The van der Waals surface area contributed by atoms with Gasteiger partial charge in [0, 0.05) is 12.6 Å². The van der Waals surface area contributed by atoms with Crippen molar-refractivity contribution in [2.75, 3.05) is 24.2 Å². The van der Waals surface area contributed by atoms with Crippen molar-refractivity contribution < 1.29 is 27.1 Å². The molecule has 0 unspecified atom stereocenters. The zero-order valence-corrected chi connectivity index (χ0v) is 15.1. The zero-order valence-electron chi connectivity index (χ0n) is 14.3. The quantitative estimate of drug-likeness (QED) is 0.544. The Kier molecular flexibility index (Phi) is 6.10. The molecule has 2 rings (SSSR count). The van der Waals surface area contributed by atoms with Crippen LogP contribution >= 0.6 is 0 Å². The van der Waals surface area contributed by atoms with Crippen LogP contribution < -0.4 is 4.31 Å². The van der Waals surface area contributed by atoms with E-state index in [0.29, 0.717) is 5.69 Å². The maximum absolute atomic E-state index is 13.5. The van der Waals surface area contributed by atoms with Gasteiger partial charge in [0.2, 0.25) is 10.0 Å². The number of halogens is 1. The predicted molar refractivity (Wildman–Crippen MR) is 95.1 cm³/mol. The molecule has 0 heterocycles. The molecule has 8 heteroatoms. The number of Topliss-reactive ketones (excluding diaryl/α,β-unsaturated/α-hetero) is 1. The van der Waals surface area contributed by atoms with Gasteiger partial charge in [-0.3, -0.25) is 13.9 Å². The number of esters is 1. The van der Waals surface area contributed by atoms with Crippen LogP contribution in [0, 0.1) is 5.82 Å². The van der Waals surface area contributed by atoms with Crippen LogP contribution in [-0.4, -0.2) is 40.1 Å². The smallest absolute Gasteiger partial charge is 0.310 e. The third kappa shape index (κ3) is 5.13. The van der Waals surface area contributed by atoms with Crippen LogP contribution in [0.5, 0.6) is 0 Å². The van der Waals surface area contributed by atoms with Gasteiger partial charge in [-0.15, -0.1) is 0 Å². The van der Waals surface area contributed by atoms with E-state index in [1.54, 1.807) is 6.07 Å². The molecule has 0 aliphatic rings. The molecular formula is C18H18FNO5S. The number of hydrogen-bond donors (Lipinski definition) is 0. The molecule has 2 aromatic carbocycles. The van der Waals surface area contributed by atoms with Crippen molar-refractivity contribution in [3.63, 3.8) is 0 Å². The maximum atomic E-state index is 13.5. The molecule has 138 valence electrons. The first-order chi connectivity index (χ1) is 12.2. The van der Waals surface area contributed by atoms with Crippen molar-refractivity contribution in [1.29, 1.82) is 0 Å². The van der Waals surface area contributed by atoms with E-state index in [1.165, 1.54) is 49.5 Å². The molecule has 2 aromatic rings. The second-order valence-corrected chi connectivity index (χ2v) is 7.64. The molecule has 0 saturated heterocycles. The Morgan fingerprint density at radius 1 is 1.08 bits per heavy atom. The van der Waals surface area contributed by atoms with E-state index >= 15 is 0 Å². The number of benzene rings is 2. The average Bonchev–Trinajstić information content (AvgIpc) is 2.60. The molecule has 0 N–H and O–H groups in total. The number of hydrogen-bond acceptors (Lipinski definition) is 5. The van der Waals surface area contributed by atoms with Gasteiger partial charge < -0.3 is 4.74 Å². The van der Waals surface area contributed by atoms with E-state index in [-0.39, 0.29) is 17.5 Å². The minimum atomic E-state index is -3.40. The van der Waals surface area contributed by atoms with Gasteiger partial charge in [-0.25, -0.2) is 12.8 Å². The fourth-order valence-electron chi connectivity index (χ4n) is 2.13. The van der Waals surface area contributed by atoms with E-state index in [4.69, 9.17) is 4.74 Å². The summed E-state index contributed by atoms with van der Waals surface area (Å²) in [7, 11) is -2.00. The molecule has 0 fully saturated rings. The van der Waals surface area contributed by atoms with Crippen LogP contribution in [0.1, 0.15) is 15.9 Å². The van der Waals surface area contributed by atoms with Crippen LogP contribution in [0.15, 0.2) is 48.5 Å². The van der Waals surface area contributed by atoms with Crippen LogP contribution in [0.3, 0.4) is 0 Å². The third-order valence-corrected chi connectivity index (χ3v) is 4.91. The third-order valence-electron chi connectivity index (χ3n) is 3.71. The average molecular weight is 379 g/mol. The summed E-state index contributed by atoms with van der Waals surface area (Å²) < 4.78 is 42.4. The first-order valence-electron chi connectivity index (χ1n) is 7.64. The van der Waals surface area contributed by atoms with Gasteiger partial charge in [-0.05, 0) is 35.9 Å². The van der Waals surface area contributed by atoms with Gasteiger partial charge in [0.05, 0.1) is 18.4 Å². The van der Waals surface area contributed by atoms with Crippen molar-refractivity contribution in [2.24, 2.45) is 0 Å². The molecule has 0 atom stereocenters. The van der Waals surface area contributed by atoms with E-state index < -0.39 is 34.2 Å². The second kappa shape index (κ2) is 8.09. The molecule has 0 bridgehead atoms. The molecule has 0 spiro atoms. The Hall–Kier alpha value is -2.74. The minimum Gasteiger partial charge on any atom is -0.457 e. The van der Waals surface area contributed by atoms with Gasteiger partial charge in [0.15, 0.2) is 12.4 Å². The van der Waals surface area contributed by atoms with Crippen LogP contribution in [0.4, 0.5) is 10.1 Å². The summed E-state index contributed by atoms with van der Waals surface area (Å²) in [6, 6.07) is 11.7. The number of rotatable bonds is 7. The Balaban J connectivity index is 1.93. The lowest BCUT2D eigenvalue weighted by molar-refractivity contribution is -0.141. The summed E-state index contributed by atoms with van der Waals surface area (Å²) in [6.45, 7) is -0.478. The van der Waals surface area contributed by atoms with Crippen molar-refractivity contribution in [3.05, 3.63) is 65.5 Å². The highest BCUT2D eigenvalue weighted by atomic mass is 32.2. The lowest BCUT2D eigenvalue weighted by atomic mass is 10.1. The van der Waals surface area contributed by atoms with E-state index in [9.17, 15) is 22.4 Å². The van der Waals surface area contributed by atoms with Crippen molar-refractivity contribution >= 4 is 27.5 Å². The largest absolute Gasteiger partial charge is 0.457 e.